The Hall–Kier alpha value is -1.60. The molecule has 0 amide bonds. The second-order valence-corrected chi connectivity index (χ2v) is 4.60. The number of carbonyl (C=O) groups is 1. The molecule has 0 saturated carbocycles. The van der Waals surface area contributed by atoms with Gasteiger partial charge in [0.05, 0.1) is 18.8 Å². The summed E-state index contributed by atoms with van der Waals surface area (Å²) in [6.45, 7) is 0.967. The first-order valence-electron chi connectivity index (χ1n) is 6.08. The molecule has 1 heterocycles. The van der Waals surface area contributed by atoms with Crippen molar-refractivity contribution in [1.29, 1.82) is 0 Å². The van der Waals surface area contributed by atoms with E-state index in [9.17, 15) is 18.0 Å². The monoisotopic (exact) mass is 289 g/mol. The summed E-state index contributed by atoms with van der Waals surface area (Å²) in [5.41, 5.74) is -0.289. The van der Waals surface area contributed by atoms with Crippen molar-refractivity contribution in [2.24, 2.45) is 0 Å². The zero-order valence-electron chi connectivity index (χ0n) is 10.6. The van der Waals surface area contributed by atoms with Crippen LogP contribution in [0.5, 0.6) is 0 Å². The lowest BCUT2D eigenvalue weighted by atomic mass is 10.1. The smallest absolute Gasteiger partial charge is 0.416 e. The van der Waals surface area contributed by atoms with E-state index in [1.807, 2.05) is 0 Å². The van der Waals surface area contributed by atoms with E-state index >= 15 is 0 Å². The lowest BCUT2D eigenvalue weighted by Crippen LogP contribution is -2.49. The molecular formula is C13H14F3NO3. The van der Waals surface area contributed by atoms with E-state index in [1.54, 1.807) is 11.0 Å². The van der Waals surface area contributed by atoms with Crippen LogP contribution in [0.15, 0.2) is 24.3 Å². The first-order valence-corrected chi connectivity index (χ1v) is 6.08. The summed E-state index contributed by atoms with van der Waals surface area (Å²) in [6, 6.07) is 4.11. The zero-order valence-corrected chi connectivity index (χ0v) is 10.6. The number of carboxylic acids is 1. The minimum absolute atomic E-state index is 0.0499. The minimum Gasteiger partial charge on any atom is -0.480 e. The Morgan fingerprint density at radius 1 is 1.45 bits per heavy atom. The van der Waals surface area contributed by atoms with Crippen LogP contribution in [0.25, 0.3) is 0 Å². The van der Waals surface area contributed by atoms with Crippen LogP contribution in [0.2, 0.25) is 0 Å². The van der Waals surface area contributed by atoms with Gasteiger partial charge in [0.2, 0.25) is 0 Å². The Morgan fingerprint density at radius 2 is 2.20 bits per heavy atom. The van der Waals surface area contributed by atoms with Crippen LogP contribution < -0.4 is 0 Å². The fraction of sp³-hybridized carbons (Fsp3) is 0.462. The summed E-state index contributed by atoms with van der Waals surface area (Å²) < 4.78 is 43.0. The van der Waals surface area contributed by atoms with Gasteiger partial charge < -0.3 is 9.84 Å². The Kier molecular flexibility index (Phi) is 4.29. The fourth-order valence-electron chi connectivity index (χ4n) is 2.14. The summed E-state index contributed by atoms with van der Waals surface area (Å²) in [5, 5.41) is 9.07. The van der Waals surface area contributed by atoms with E-state index in [-0.39, 0.29) is 13.2 Å². The van der Waals surface area contributed by atoms with Gasteiger partial charge in [-0.25, -0.2) is 0 Å². The molecule has 1 aliphatic heterocycles. The molecule has 1 N–H and O–H groups in total. The molecule has 20 heavy (non-hydrogen) atoms. The van der Waals surface area contributed by atoms with Crippen molar-refractivity contribution in [3.8, 4) is 0 Å². The second kappa shape index (κ2) is 5.80. The van der Waals surface area contributed by atoms with Crippen LogP contribution in [0.3, 0.4) is 0 Å². The molecular weight excluding hydrogens is 275 g/mol. The number of nitrogens with zero attached hydrogens (tertiary/aromatic N) is 1. The number of morpholine rings is 1. The summed E-state index contributed by atoms with van der Waals surface area (Å²) in [6.07, 6.45) is -4.40. The predicted molar refractivity (Wildman–Crippen MR) is 64.1 cm³/mol. The number of hydrogen-bond donors (Lipinski definition) is 1. The maximum atomic E-state index is 12.6. The lowest BCUT2D eigenvalue weighted by Gasteiger charge is -2.32. The number of hydrogen-bond acceptors (Lipinski definition) is 3. The third kappa shape index (κ3) is 3.49. The number of carboxylic acid groups (broad SMARTS) is 1. The van der Waals surface area contributed by atoms with Crippen molar-refractivity contribution in [2.75, 3.05) is 19.8 Å². The molecule has 1 aromatic carbocycles. The molecule has 0 radical (unpaired) electrons. The van der Waals surface area contributed by atoms with Gasteiger partial charge in [-0.15, -0.1) is 0 Å². The van der Waals surface area contributed by atoms with Gasteiger partial charge in [0.25, 0.3) is 0 Å². The quantitative estimate of drug-likeness (QED) is 0.924. The number of halogens is 3. The van der Waals surface area contributed by atoms with Crippen molar-refractivity contribution < 1.29 is 27.8 Å². The molecule has 0 aliphatic carbocycles. The zero-order chi connectivity index (χ0) is 14.8. The molecule has 0 aromatic heterocycles. The van der Waals surface area contributed by atoms with E-state index < -0.39 is 23.8 Å². The Labute approximate surface area is 113 Å². The SMILES string of the molecule is O=C(O)C1COCCN1Cc1cccc(C(F)(F)F)c1. The average molecular weight is 289 g/mol. The summed E-state index contributed by atoms with van der Waals surface area (Å²) in [5.74, 6) is -1.03. The Balaban J connectivity index is 2.14. The number of ether oxygens (including phenoxy) is 1. The van der Waals surface area contributed by atoms with Crippen molar-refractivity contribution in [1.82, 2.24) is 4.90 Å². The molecule has 0 bridgehead atoms. The minimum atomic E-state index is -4.40. The summed E-state index contributed by atoms with van der Waals surface area (Å²) in [4.78, 5) is 12.7. The van der Waals surface area contributed by atoms with Crippen molar-refractivity contribution >= 4 is 5.97 Å². The summed E-state index contributed by atoms with van der Waals surface area (Å²) in [7, 11) is 0. The van der Waals surface area contributed by atoms with E-state index in [0.717, 1.165) is 12.1 Å². The van der Waals surface area contributed by atoms with Gasteiger partial charge >= 0.3 is 12.1 Å². The third-order valence-corrected chi connectivity index (χ3v) is 3.16. The lowest BCUT2D eigenvalue weighted by molar-refractivity contribution is -0.150. The molecule has 1 saturated heterocycles. The maximum Gasteiger partial charge on any atom is 0.416 e. The largest absolute Gasteiger partial charge is 0.480 e. The molecule has 1 unspecified atom stereocenters. The topological polar surface area (TPSA) is 49.8 Å². The molecule has 1 atom stereocenters. The highest BCUT2D eigenvalue weighted by atomic mass is 19.4. The third-order valence-electron chi connectivity index (χ3n) is 3.16. The van der Waals surface area contributed by atoms with E-state index in [0.29, 0.717) is 18.7 Å². The van der Waals surface area contributed by atoms with Gasteiger partial charge in [0, 0.05) is 13.1 Å². The van der Waals surface area contributed by atoms with Gasteiger partial charge in [-0.2, -0.15) is 13.2 Å². The fourth-order valence-corrected chi connectivity index (χ4v) is 2.14. The number of benzene rings is 1. The molecule has 1 aliphatic rings. The van der Waals surface area contributed by atoms with Gasteiger partial charge in [-0.3, -0.25) is 9.69 Å². The maximum absolute atomic E-state index is 12.6. The molecule has 7 heteroatoms. The molecule has 0 spiro atoms. The number of alkyl halides is 3. The molecule has 4 nitrogen and oxygen atoms in total. The molecule has 1 aromatic rings. The molecule has 2 rings (SSSR count). The van der Waals surface area contributed by atoms with Crippen molar-refractivity contribution in [3.05, 3.63) is 35.4 Å². The Morgan fingerprint density at radius 3 is 2.85 bits per heavy atom. The van der Waals surface area contributed by atoms with Crippen LogP contribution in [-0.4, -0.2) is 41.8 Å². The van der Waals surface area contributed by atoms with Gasteiger partial charge in [-0.05, 0) is 11.6 Å². The first-order chi connectivity index (χ1) is 9.38. The standard InChI is InChI=1S/C13H14F3NO3/c14-13(15,16)10-3-1-2-9(6-10)7-17-4-5-20-8-11(17)12(18)19/h1-3,6,11H,4-5,7-8H2,(H,18,19). The highest BCUT2D eigenvalue weighted by Crippen LogP contribution is 2.30. The number of aliphatic carboxylic acids is 1. The predicted octanol–water partition coefficient (Wildman–Crippen LogP) is 1.99. The van der Waals surface area contributed by atoms with Crippen LogP contribution >= 0.6 is 0 Å². The highest BCUT2D eigenvalue weighted by molar-refractivity contribution is 5.73. The second-order valence-electron chi connectivity index (χ2n) is 4.60. The van der Waals surface area contributed by atoms with Gasteiger partial charge in [0.1, 0.15) is 6.04 Å². The van der Waals surface area contributed by atoms with E-state index in [1.165, 1.54) is 6.07 Å². The van der Waals surface area contributed by atoms with Crippen LogP contribution in [-0.2, 0) is 22.3 Å². The Bertz CT molecular complexity index is 490. The van der Waals surface area contributed by atoms with Crippen LogP contribution in [0.1, 0.15) is 11.1 Å². The molecule has 1 fully saturated rings. The van der Waals surface area contributed by atoms with E-state index in [4.69, 9.17) is 9.84 Å². The van der Waals surface area contributed by atoms with Crippen molar-refractivity contribution in [3.63, 3.8) is 0 Å². The van der Waals surface area contributed by atoms with Gasteiger partial charge in [0.15, 0.2) is 0 Å². The first kappa shape index (κ1) is 14.8. The van der Waals surface area contributed by atoms with E-state index in [2.05, 4.69) is 0 Å². The number of rotatable bonds is 3. The molecule has 110 valence electrons. The van der Waals surface area contributed by atoms with Crippen LogP contribution in [0.4, 0.5) is 13.2 Å². The van der Waals surface area contributed by atoms with Crippen molar-refractivity contribution in [2.45, 2.75) is 18.8 Å². The normalized spacial score (nSPS) is 20.9. The average Bonchev–Trinajstić information content (AvgIpc) is 2.38. The summed E-state index contributed by atoms with van der Waals surface area (Å²) >= 11 is 0. The van der Waals surface area contributed by atoms with Crippen LogP contribution in [0, 0.1) is 0 Å². The van der Waals surface area contributed by atoms with Gasteiger partial charge in [-0.1, -0.05) is 18.2 Å². The highest BCUT2D eigenvalue weighted by Gasteiger charge is 2.32.